The molecule has 0 radical (unpaired) electrons. The highest BCUT2D eigenvalue weighted by Crippen LogP contribution is 2.08. The Labute approximate surface area is 111 Å². The maximum atomic E-state index is 11.9. The van der Waals surface area contributed by atoms with Gasteiger partial charge < -0.3 is 15.0 Å². The number of hydrogen-bond acceptors (Lipinski definition) is 4. The molecule has 0 saturated heterocycles. The van der Waals surface area contributed by atoms with Crippen molar-refractivity contribution in [2.45, 2.75) is 26.0 Å². The van der Waals surface area contributed by atoms with Crippen LogP contribution < -0.4 is 10.9 Å². The van der Waals surface area contributed by atoms with E-state index in [0.717, 1.165) is 24.0 Å². The Morgan fingerprint density at radius 1 is 1.42 bits per heavy atom. The van der Waals surface area contributed by atoms with Crippen LogP contribution in [0.5, 0.6) is 0 Å². The van der Waals surface area contributed by atoms with Crippen LogP contribution in [0.25, 0.3) is 11.0 Å². The maximum absolute atomic E-state index is 11.9. The Morgan fingerprint density at radius 2 is 2.21 bits per heavy atom. The fourth-order valence-corrected chi connectivity index (χ4v) is 2.02. The molecule has 5 heteroatoms. The predicted molar refractivity (Wildman–Crippen MR) is 75.2 cm³/mol. The first kappa shape index (κ1) is 13.7. The molecule has 0 bridgehead atoms. The van der Waals surface area contributed by atoms with Gasteiger partial charge in [0.1, 0.15) is 0 Å². The van der Waals surface area contributed by atoms with Crippen molar-refractivity contribution >= 4 is 11.0 Å². The lowest BCUT2D eigenvalue weighted by Gasteiger charge is -2.15. The van der Waals surface area contributed by atoms with E-state index in [9.17, 15) is 9.90 Å². The van der Waals surface area contributed by atoms with Crippen molar-refractivity contribution in [3.63, 3.8) is 0 Å². The van der Waals surface area contributed by atoms with Crippen LogP contribution in [0.4, 0.5) is 0 Å². The highest BCUT2D eigenvalue weighted by Gasteiger charge is 2.09. The SMILES string of the molecule is CCCNCC(O)Cn1c(=O)cnc2ccccc21. The molecule has 0 aliphatic heterocycles. The van der Waals surface area contributed by atoms with Crippen LogP contribution >= 0.6 is 0 Å². The number of hydrogen-bond donors (Lipinski definition) is 2. The molecule has 0 spiro atoms. The van der Waals surface area contributed by atoms with E-state index in [-0.39, 0.29) is 12.1 Å². The summed E-state index contributed by atoms with van der Waals surface area (Å²) in [4.78, 5) is 16.0. The van der Waals surface area contributed by atoms with Gasteiger partial charge in [0.05, 0.1) is 29.9 Å². The summed E-state index contributed by atoms with van der Waals surface area (Å²) in [6.07, 6.45) is 1.73. The molecule has 5 nitrogen and oxygen atoms in total. The van der Waals surface area contributed by atoms with E-state index >= 15 is 0 Å². The van der Waals surface area contributed by atoms with Crippen molar-refractivity contribution in [3.8, 4) is 0 Å². The Balaban J connectivity index is 2.19. The van der Waals surface area contributed by atoms with Crippen molar-refractivity contribution in [1.29, 1.82) is 0 Å². The number of para-hydroxylation sites is 2. The summed E-state index contributed by atoms with van der Waals surface area (Å²) in [6, 6.07) is 7.44. The van der Waals surface area contributed by atoms with Gasteiger partial charge >= 0.3 is 0 Å². The number of nitrogens with one attached hydrogen (secondary N) is 1. The van der Waals surface area contributed by atoms with Gasteiger partial charge in [-0.3, -0.25) is 4.79 Å². The summed E-state index contributed by atoms with van der Waals surface area (Å²) in [5, 5.41) is 13.1. The summed E-state index contributed by atoms with van der Waals surface area (Å²) in [5.74, 6) is 0. The molecular formula is C14H19N3O2. The van der Waals surface area contributed by atoms with Crippen molar-refractivity contribution in [3.05, 3.63) is 40.8 Å². The number of fused-ring (bicyclic) bond motifs is 1. The molecule has 1 aromatic carbocycles. The second-order valence-corrected chi connectivity index (χ2v) is 4.55. The van der Waals surface area contributed by atoms with Crippen LogP contribution in [-0.4, -0.2) is 33.9 Å². The smallest absolute Gasteiger partial charge is 0.269 e. The van der Waals surface area contributed by atoms with Crippen LogP contribution in [0, 0.1) is 0 Å². The topological polar surface area (TPSA) is 67.2 Å². The number of nitrogens with zero attached hydrogens (tertiary/aromatic N) is 2. The molecule has 1 heterocycles. The third kappa shape index (κ3) is 3.39. The third-order valence-electron chi connectivity index (χ3n) is 2.95. The Bertz CT molecular complexity index is 595. The summed E-state index contributed by atoms with van der Waals surface area (Å²) >= 11 is 0. The number of aliphatic hydroxyl groups excluding tert-OH is 1. The fraction of sp³-hybridized carbons (Fsp3) is 0.429. The molecule has 0 saturated carbocycles. The molecule has 1 aromatic heterocycles. The van der Waals surface area contributed by atoms with E-state index < -0.39 is 6.10 Å². The molecule has 1 unspecified atom stereocenters. The average Bonchev–Trinajstić information content (AvgIpc) is 2.42. The lowest BCUT2D eigenvalue weighted by Crippen LogP contribution is -2.34. The highest BCUT2D eigenvalue weighted by molar-refractivity contribution is 5.74. The monoisotopic (exact) mass is 261 g/mol. The van der Waals surface area contributed by atoms with Crippen molar-refractivity contribution in [2.75, 3.05) is 13.1 Å². The molecule has 0 fully saturated rings. The van der Waals surface area contributed by atoms with Crippen molar-refractivity contribution in [2.24, 2.45) is 0 Å². The maximum Gasteiger partial charge on any atom is 0.269 e. The van der Waals surface area contributed by atoms with Gasteiger partial charge in [0.15, 0.2) is 0 Å². The summed E-state index contributed by atoms with van der Waals surface area (Å²) < 4.78 is 1.57. The standard InChI is InChI=1S/C14H19N3O2/c1-2-7-15-8-11(18)10-17-13-6-4-3-5-12(13)16-9-14(17)19/h3-6,9,11,15,18H,2,7-8,10H2,1H3. The number of aromatic nitrogens is 2. The van der Waals surface area contributed by atoms with Crippen LogP contribution in [0.15, 0.2) is 35.3 Å². The third-order valence-corrected chi connectivity index (χ3v) is 2.95. The van der Waals surface area contributed by atoms with Gasteiger partial charge in [-0.05, 0) is 25.1 Å². The minimum absolute atomic E-state index is 0.187. The van der Waals surface area contributed by atoms with Gasteiger partial charge in [0.2, 0.25) is 0 Å². The van der Waals surface area contributed by atoms with Crippen molar-refractivity contribution < 1.29 is 5.11 Å². The second kappa shape index (κ2) is 6.45. The molecule has 0 aliphatic carbocycles. The largest absolute Gasteiger partial charge is 0.390 e. The lowest BCUT2D eigenvalue weighted by atomic mass is 10.2. The zero-order valence-electron chi connectivity index (χ0n) is 11.0. The van der Waals surface area contributed by atoms with Crippen LogP contribution in [0.1, 0.15) is 13.3 Å². The van der Waals surface area contributed by atoms with Gasteiger partial charge in [0.25, 0.3) is 5.56 Å². The van der Waals surface area contributed by atoms with Crippen LogP contribution in [0.3, 0.4) is 0 Å². The van der Waals surface area contributed by atoms with E-state index in [4.69, 9.17) is 0 Å². The molecule has 2 rings (SSSR count). The van der Waals surface area contributed by atoms with E-state index in [1.165, 1.54) is 6.20 Å². The predicted octanol–water partition coefficient (Wildman–Crippen LogP) is 0.757. The molecular weight excluding hydrogens is 242 g/mol. The highest BCUT2D eigenvalue weighted by atomic mass is 16.3. The lowest BCUT2D eigenvalue weighted by molar-refractivity contribution is 0.152. The van der Waals surface area contributed by atoms with Gasteiger partial charge in [0, 0.05) is 6.54 Å². The Kier molecular flexibility index (Phi) is 4.65. The molecule has 2 aromatic rings. The molecule has 102 valence electrons. The normalized spacial score (nSPS) is 12.7. The Hall–Kier alpha value is -1.72. The van der Waals surface area contributed by atoms with Gasteiger partial charge in [-0.1, -0.05) is 19.1 Å². The number of benzene rings is 1. The van der Waals surface area contributed by atoms with Gasteiger partial charge in [-0.25, -0.2) is 4.98 Å². The van der Waals surface area contributed by atoms with Gasteiger partial charge in [-0.2, -0.15) is 0 Å². The summed E-state index contributed by atoms with van der Waals surface area (Å²) in [5.41, 5.74) is 1.33. The van der Waals surface area contributed by atoms with E-state index in [1.54, 1.807) is 4.57 Å². The number of rotatable bonds is 6. The quantitative estimate of drug-likeness (QED) is 0.753. The van der Waals surface area contributed by atoms with E-state index in [0.29, 0.717) is 6.54 Å². The summed E-state index contributed by atoms with van der Waals surface area (Å²) in [7, 11) is 0. The minimum Gasteiger partial charge on any atom is -0.390 e. The first-order valence-corrected chi connectivity index (χ1v) is 6.55. The first-order valence-electron chi connectivity index (χ1n) is 6.55. The minimum atomic E-state index is -0.588. The summed E-state index contributed by atoms with van der Waals surface area (Å²) in [6.45, 7) is 3.69. The molecule has 1 atom stereocenters. The van der Waals surface area contributed by atoms with E-state index in [2.05, 4.69) is 17.2 Å². The Morgan fingerprint density at radius 3 is 3.00 bits per heavy atom. The molecule has 0 amide bonds. The molecule has 0 aliphatic rings. The molecule has 2 N–H and O–H groups in total. The zero-order chi connectivity index (χ0) is 13.7. The van der Waals surface area contributed by atoms with Crippen LogP contribution in [-0.2, 0) is 6.54 Å². The molecule has 19 heavy (non-hydrogen) atoms. The number of aliphatic hydroxyl groups is 1. The van der Waals surface area contributed by atoms with E-state index in [1.807, 2.05) is 24.3 Å². The average molecular weight is 261 g/mol. The van der Waals surface area contributed by atoms with Gasteiger partial charge in [-0.15, -0.1) is 0 Å². The first-order chi connectivity index (χ1) is 9.22. The second-order valence-electron chi connectivity index (χ2n) is 4.55. The van der Waals surface area contributed by atoms with Crippen molar-refractivity contribution in [1.82, 2.24) is 14.9 Å². The fourth-order valence-electron chi connectivity index (χ4n) is 2.02. The zero-order valence-corrected chi connectivity index (χ0v) is 11.0. The van der Waals surface area contributed by atoms with Crippen LogP contribution in [0.2, 0.25) is 0 Å².